The Balaban J connectivity index is 0.00000420. The van der Waals surface area contributed by atoms with Gasteiger partial charge in [-0.25, -0.2) is 14.4 Å². The van der Waals surface area contributed by atoms with E-state index >= 15 is 0 Å². The van der Waals surface area contributed by atoms with Crippen molar-refractivity contribution < 1.29 is 13.9 Å². The number of benzene rings is 1. The number of hydrogen-bond donors (Lipinski definition) is 2. The van der Waals surface area contributed by atoms with E-state index < -0.39 is 0 Å². The highest BCUT2D eigenvalue weighted by Gasteiger charge is 2.11. The third-order valence-corrected chi connectivity index (χ3v) is 4.18. The van der Waals surface area contributed by atoms with Crippen molar-refractivity contribution in [1.29, 1.82) is 0 Å². The molecule has 0 saturated carbocycles. The number of rotatable bonds is 9. The van der Waals surface area contributed by atoms with Gasteiger partial charge in [0, 0.05) is 25.4 Å². The molecule has 2 rings (SSSR count). The average Bonchev–Trinajstić information content (AvgIpc) is 2.69. The van der Waals surface area contributed by atoms with Crippen molar-refractivity contribution in [2.45, 2.75) is 33.4 Å². The number of nitrogens with zero attached hydrogens (tertiary/aromatic N) is 2. The number of hydrogen-bond acceptors (Lipinski definition) is 4. The molecule has 0 saturated heterocycles. The molecule has 1 atom stereocenters. The van der Waals surface area contributed by atoms with Crippen LogP contribution in [0.3, 0.4) is 0 Å². The van der Waals surface area contributed by atoms with Crippen LogP contribution in [0.15, 0.2) is 41.5 Å². The molecular formula is C21H30FIN4O2. The van der Waals surface area contributed by atoms with Crippen molar-refractivity contribution in [3.63, 3.8) is 0 Å². The first kappa shape index (κ1) is 25.1. The molecule has 0 fully saturated rings. The maximum absolute atomic E-state index is 13.9. The standard InChI is InChI=1S/C21H29FN4O2.HI/c1-5-23-21(26-16(3)17-9-8-15(2)19(22)13-17)25-14-18-7-6-10-24-20(18)28-12-11-27-4;/h6-10,13,16H,5,11-12,14H2,1-4H3,(H2,23,25,26);1H. The Bertz CT molecular complexity index is 789. The van der Waals surface area contributed by atoms with E-state index in [1.165, 1.54) is 0 Å². The first-order valence-electron chi connectivity index (χ1n) is 9.41. The largest absolute Gasteiger partial charge is 0.475 e. The summed E-state index contributed by atoms with van der Waals surface area (Å²) >= 11 is 0. The predicted octanol–water partition coefficient (Wildman–Crippen LogP) is 3.99. The zero-order chi connectivity index (χ0) is 20.4. The lowest BCUT2D eigenvalue weighted by Gasteiger charge is -2.19. The summed E-state index contributed by atoms with van der Waals surface area (Å²) < 4.78 is 24.5. The summed E-state index contributed by atoms with van der Waals surface area (Å²) in [7, 11) is 1.63. The molecule has 0 aliphatic carbocycles. The first-order valence-corrected chi connectivity index (χ1v) is 9.41. The summed E-state index contributed by atoms with van der Waals surface area (Å²) in [6.45, 7) is 7.76. The normalized spacial score (nSPS) is 12.1. The second kappa shape index (κ2) is 13.3. The lowest BCUT2D eigenvalue weighted by atomic mass is 10.1. The van der Waals surface area contributed by atoms with Crippen LogP contribution in [0.5, 0.6) is 5.88 Å². The van der Waals surface area contributed by atoms with E-state index in [2.05, 4.69) is 20.6 Å². The van der Waals surface area contributed by atoms with Crippen molar-refractivity contribution in [2.24, 2.45) is 4.99 Å². The smallest absolute Gasteiger partial charge is 0.218 e. The van der Waals surface area contributed by atoms with Gasteiger partial charge in [0.05, 0.1) is 19.2 Å². The summed E-state index contributed by atoms with van der Waals surface area (Å²) in [5.41, 5.74) is 2.37. The molecule has 0 aliphatic rings. The molecule has 2 N–H and O–H groups in total. The fourth-order valence-electron chi connectivity index (χ4n) is 2.55. The van der Waals surface area contributed by atoms with Crippen LogP contribution in [0.25, 0.3) is 0 Å². The van der Waals surface area contributed by atoms with Gasteiger partial charge in [0.15, 0.2) is 5.96 Å². The first-order chi connectivity index (χ1) is 13.5. The molecule has 1 aromatic carbocycles. The zero-order valence-corrected chi connectivity index (χ0v) is 19.7. The molecule has 1 aromatic heterocycles. The Morgan fingerprint density at radius 3 is 2.76 bits per heavy atom. The number of ether oxygens (including phenoxy) is 2. The van der Waals surface area contributed by atoms with E-state index in [0.717, 1.165) is 11.1 Å². The molecule has 0 aliphatic heterocycles. The van der Waals surface area contributed by atoms with E-state index in [1.54, 1.807) is 32.4 Å². The zero-order valence-electron chi connectivity index (χ0n) is 17.4. The number of aromatic nitrogens is 1. The molecular weight excluding hydrogens is 486 g/mol. The van der Waals surface area contributed by atoms with Crippen LogP contribution in [0.1, 0.15) is 36.6 Å². The van der Waals surface area contributed by atoms with Crippen LogP contribution in [0.2, 0.25) is 0 Å². The molecule has 2 aromatic rings. The van der Waals surface area contributed by atoms with E-state index in [1.807, 2.05) is 32.0 Å². The molecule has 6 nitrogen and oxygen atoms in total. The van der Waals surface area contributed by atoms with Crippen LogP contribution < -0.4 is 15.4 Å². The Labute approximate surface area is 189 Å². The van der Waals surface area contributed by atoms with Gasteiger partial charge in [-0.05, 0) is 44.0 Å². The third kappa shape index (κ3) is 8.14. The number of aryl methyl sites for hydroxylation is 1. The molecule has 0 amide bonds. The number of pyridine rings is 1. The summed E-state index contributed by atoms with van der Waals surface area (Å²) in [5, 5.41) is 6.53. The molecule has 0 spiro atoms. The van der Waals surface area contributed by atoms with Crippen LogP contribution >= 0.6 is 24.0 Å². The highest BCUT2D eigenvalue weighted by molar-refractivity contribution is 14.0. The summed E-state index contributed by atoms with van der Waals surface area (Å²) in [6, 6.07) is 8.94. The van der Waals surface area contributed by atoms with E-state index in [0.29, 0.717) is 43.7 Å². The van der Waals surface area contributed by atoms with Gasteiger partial charge in [-0.2, -0.15) is 0 Å². The van der Waals surface area contributed by atoms with E-state index in [-0.39, 0.29) is 35.8 Å². The molecule has 0 bridgehead atoms. The molecule has 160 valence electrons. The van der Waals surface area contributed by atoms with Crippen molar-refractivity contribution in [2.75, 3.05) is 26.9 Å². The minimum absolute atomic E-state index is 0. The minimum Gasteiger partial charge on any atom is -0.475 e. The van der Waals surface area contributed by atoms with Crippen LogP contribution in [-0.2, 0) is 11.3 Å². The Kier molecular flexibility index (Phi) is 11.5. The molecule has 0 radical (unpaired) electrons. The van der Waals surface area contributed by atoms with Crippen LogP contribution in [0, 0.1) is 12.7 Å². The van der Waals surface area contributed by atoms with Crippen molar-refractivity contribution in [1.82, 2.24) is 15.6 Å². The van der Waals surface area contributed by atoms with Gasteiger partial charge in [0.1, 0.15) is 12.4 Å². The van der Waals surface area contributed by atoms with E-state index in [9.17, 15) is 4.39 Å². The maximum atomic E-state index is 13.9. The Morgan fingerprint density at radius 2 is 2.07 bits per heavy atom. The van der Waals surface area contributed by atoms with E-state index in [4.69, 9.17) is 9.47 Å². The molecule has 1 unspecified atom stereocenters. The fourth-order valence-corrected chi connectivity index (χ4v) is 2.55. The van der Waals surface area contributed by atoms with Crippen molar-refractivity contribution >= 4 is 29.9 Å². The lowest BCUT2D eigenvalue weighted by Crippen LogP contribution is -2.38. The predicted molar refractivity (Wildman–Crippen MR) is 125 cm³/mol. The summed E-state index contributed by atoms with van der Waals surface area (Å²) in [5.74, 6) is 0.983. The third-order valence-electron chi connectivity index (χ3n) is 4.18. The van der Waals surface area contributed by atoms with Gasteiger partial charge in [-0.15, -0.1) is 24.0 Å². The van der Waals surface area contributed by atoms with Gasteiger partial charge in [-0.3, -0.25) is 0 Å². The second-order valence-electron chi connectivity index (χ2n) is 6.38. The van der Waals surface area contributed by atoms with Crippen molar-refractivity contribution in [3.8, 4) is 5.88 Å². The van der Waals surface area contributed by atoms with Crippen LogP contribution in [0.4, 0.5) is 4.39 Å². The number of halogens is 2. The minimum atomic E-state index is -0.207. The van der Waals surface area contributed by atoms with Gasteiger partial charge in [0.2, 0.25) is 5.88 Å². The van der Waals surface area contributed by atoms with Crippen molar-refractivity contribution in [3.05, 3.63) is 59.0 Å². The van der Waals surface area contributed by atoms with Crippen LogP contribution in [-0.4, -0.2) is 37.8 Å². The number of nitrogens with one attached hydrogen (secondary N) is 2. The SMILES string of the molecule is CCNC(=NCc1cccnc1OCCOC)NC(C)c1ccc(C)c(F)c1.I. The fraction of sp³-hybridized carbons (Fsp3) is 0.429. The number of guanidine groups is 1. The Hall–Kier alpha value is -1.94. The number of methoxy groups -OCH3 is 1. The molecule has 1 heterocycles. The van der Waals surface area contributed by atoms with Gasteiger partial charge < -0.3 is 20.1 Å². The highest BCUT2D eigenvalue weighted by atomic mass is 127. The van der Waals surface area contributed by atoms with Gasteiger partial charge >= 0.3 is 0 Å². The lowest BCUT2D eigenvalue weighted by molar-refractivity contribution is 0.143. The van der Waals surface area contributed by atoms with Gasteiger partial charge in [0.25, 0.3) is 0 Å². The summed E-state index contributed by atoms with van der Waals surface area (Å²) in [6.07, 6.45) is 1.69. The molecule has 29 heavy (non-hydrogen) atoms. The maximum Gasteiger partial charge on any atom is 0.218 e. The second-order valence-corrected chi connectivity index (χ2v) is 6.38. The quantitative estimate of drug-likeness (QED) is 0.229. The Morgan fingerprint density at radius 1 is 1.28 bits per heavy atom. The topological polar surface area (TPSA) is 67.8 Å². The number of aliphatic imine (C=N–C) groups is 1. The average molecular weight is 516 g/mol. The van der Waals surface area contributed by atoms with Gasteiger partial charge in [-0.1, -0.05) is 18.2 Å². The molecule has 8 heteroatoms. The summed E-state index contributed by atoms with van der Waals surface area (Å²) in [4.78, 5) is 8.90. The highest BCUT2D eigenvalue weighted by Crippen LogP contribution is 2.17. The monoisotopic (exact) mass is 516 g/mol.